The summed E-state index contributed by atoms with van der Waals surface area (Å²) in [6, 6.07) is 17.5. The van der Waals surface area contributed by atoms with Crippen LogP contribution in [0.3, 0.4) is 0 Å². The van der Waals surface area contributed by atoms with E-state index in [2.05, 4.69) is 21.9 Å². The number of nitrogens with zero attached hydrogens (tertiary/aromatic N) is 2. The molecule has 0 radical (unpaired) electrons. The summed E-state index contributed by atoms with van der Waals surface area (Å²) in [5, 5.41) is 0. The van der Waals surface area contributed by atoms with Crippen LogP contribution in [0.2, 0.25) is 0 Å². The van der Waals surface area contributed by atoms with Crippen molar-refractivity contribution in [3.63, 3.8) is 0 Å². The van der Waals surface area contributed by atoms with E-state index in [1.54, 1.807) is 0 Å². The maximum atomic E-state index is 12.8. The molecule has 1 saturated heterocycles. The lowest BCUT2D eigenvalue weighted by atomic mass is 9.67. The Labute approximate surface area is 226 Å². The van der Waals surface area contributed by atoms with E-state index < -0.39 is 31.6 Å². The number of ether oxygens (including phenoxy) is 1. The molecular weight excluding hydrogens is 528 g/mol. The van der Waals surface area contributed by atoms with Crippen LogP contribution in [0.15, 0.2) is 54.6 Å². The highest BCUT2D eigenvalue weighted by atomic mass is 32.2. The van der Waals surface area contributed by atoms with Crippen LogP contribution in [0.5, 0.6) is 5.75 Å². The minimum absolute atomic E-state index is 0.0349. The van der Waals surface area contributed by atoms with Crippen molar-refractivity contribution in [1.29, 1.82) is 0 Å². The molecule has 2 aliphatic rings. The van der Waals surface area contributed by atoms with Gasteiger partial charge in [-0.15, -0.1) is 0 Å². The van der Waals surface area contributed by atoms with E-state index in [-0.39, 0.29) is 12.3 Å². The van der Waals surface area contributed by atoms with E-state index in [4.69, 9.17) is 13.1 Å². The molecule has 4 rings (SSSR count). The number of para-hydroxylation sites is 1. The van der Waals surface area contributed by atoms with Gasteiger partial charge in [0.2, 0.25) is 5.79 Å². The third kappa shape index (κ3) is 6.17. The Kier molecular flexibility index (Phi) is 8.44. The fraction of sp³-hybridized carbons (Fsp3) is 0.556. The smallest absolute Gasteiger partial charge is 0.267 e. The van der Waals surface area contributed by atoms with Crippen molar-refractivity contribution >= 4 is 25.9 Å². The number of anilines is 1. The van der Waals surface area contributed by atoms with Crippen molar-refractivity contribution in [3.05, 3.63) is 60.2 Å². The van der Waals surface area contributed by atoms with Crippen LogP contribution in [0, 0.1) is 5.92 Å². The third-order valence-corrected chi connectivity index (χ3v) is 8.53. The molecule has 1 saturated carbocycles. The molecule has 0 spiro atoms. The summed E-state index contributed by atoms with van der Waals surface area (Å²) in [6.45, 7) is 6.72. The first-order chi connectivity index (χ1) is 17.9. The predicted molar refractivity (Wildman–Crippen MR) is 147 cm³/mol. The monoisotopic (exact) mass is 566 g/mol. The van der Waals surface area contributed by atoms with Crippen LogP contribution in [0.1, 0.15) is 38.7 Å². The number of hydrogen-bond donors (Lipinski definition) is 0. The molecule has 2 unspecified atom stereocenters. The van der Waals surface area contributed by atoms with E-state index >= 15 is 0 Å². The zero-order valence-corrected chi connectivity index (χ0v) is 24.1. The summed E-state index contributed by atoms with van der Waals surface area (Å²) in [4.78, 5) is 4.42. The van der Waals surface area contributed by atoms with Crippen molar-refractivity contribution in [2.75, 3.05) is 50.2 Å². The van der Waals surface area contributed by atoms with Gasteiger partial charge in [-0.1, -0.05) is 37.3 Å². The molecule has 0 bridgehead atoms. The molecule has 9 nitrogen and oxygen atoms in total. The average molecular weight is 567 g/mol. The van der Waals surface area contributed by atoms with Gasteiger partial charge in [0, 0.05) is 38.3 Å². The minimum Gasteiger partial charge on any atom is -0.494 e. The maximum absolute atomic E-state index is 12.8. The predicted octanol–water partition coefficient (Wildman–Crippen LogP) is 3.57. The molecule has 2 atom stereocenters. The topological polar surface area (TPSA) is 102 Å². The van der Waals surface area contributed by atoms with Gasteiger partial charge in [-0.2, -0.15) is 16.8 Å². The quantitative estimate of drug-likeness (QED) is 0.333. The van der Waals surface area contributed by atoms with Crippen molar-refractivity contribution in [2.45, 2.75) is 44.4 Å². The van der Waals surface area contributed by atoms with Gasteiger partial charge in [0.15, 0.2) is 0 Å². The molecule has 38 heavy (non-hydrogen) atoms. The molecule has 0 aromatic heterocycles. The number of benzene rings is 2. The minimum atomic E-state index is -4.13. The molecule has 11 heteroatoms. The first kappa shape index (κ1) is 28.8. The molecule has 1 aliphatic carbocycles. The Morgan fingerprint density at radius 2 is 1.53 bits per heavy atom. The van der Waals surface area contributed by atoms with Gasteiger partial charge in [0.05, 0.1) is 19.1 Å². The highest BCUT2D eigenvalue weighted by Crippen LogP contribution is 2.55. The SMILES string of the molecule is CCOc1cccc(C2(N3CCN(c4ccccc4)CC3)CCC(C)CC2(OS(C)(=O)=O)OS(C)(=O)=O)c1. The third-order valence-electron chi connectivity index (χ3n) is 7.38. The molecule has 2 aromatic carbocycles. The summed E-state index contributed by atoms with van der Waals surface area (Å²) in [5.74, 6) is -1.42. The number of rotatable bonds is 9. The molecule has 1 aliphatic heterocycles. The first-order valence-electron chi connectivity index (χ1n) is 13.0. The number of hydrogen-bond acceptors (Lipinski definition) is 9. The largest absolute Gasteiger partial charge is 0.494 e. The van der Waals surface area contributed by atoms with E-state index in [1.807, 2.05) is 56.3 Å². The second-order valence-electron chi connectivity index (χ2n) is 10.3. The van der Waals surface area contributed by atoms with Gasteiger partial charge in [0.1, 0.15) is 11.3 Å². The molecule has 210 valence electrons. The molecule has 0 N–H and O–H groups in total. The zero-order valence-electron chi connectivity index (χ0n) is 22.5. The zero-order chi connectivity index (χ0) is 27.6. The van der Waals surface area contributed by atoms with Crippen molar-refractivity contribution in [1.82, 2.24) is 4.90 Å². The second-order valence-corrected chi connectivity index (χ2v) is 13.5. The van der Waals surface area contributed by atoms with Crippen molar-refractivity contribution < 1.29 is 29.9 Å². The summed E-state index contributed by atoms with van der Waals surface area (Å²) in [6.07, 6.45) is 3.15. The van der Waals surface area contributed by atoms with E-state index in [1.165, 1.54) is 0 Å². The van der Waals surface area contributed by atoms with E-state index in [9.17, 15) is 16.8 Å². The number of piperazine rings is 1. The summed E-state index contributed by atoms with van der Waals surface area (Å²) in [7, 11) is -8.26. The van der Waals surface area contributed by atoms with Gasteiger partial charge >= 0.3 is 0 Å². The summed E-state index contributed by atoms with van der Waals surface area (Å²) >= 11 is 0. The van der Waals surface area contributed by atoms with Crippen LogP contribution in [0.4, 0.5) is 5.69 Å². The molecule has 2 aromatic rings. The Bertz CT molecular complexity index is 1280. The van der Waals surface area contributed by atoms with Crippen molar-refractivity contribution in [2.24, 2.45) is 5.92 Å². The Morgan fingerprint density at radius 1 is 0.895 bits per heavy atom. The van der Waals surface area contributed by atoms with Crippen LogP contribution in [0.25, 0.3) is 0 Å². The van der Waals surface area contributed by atoms with Gasteiger partial charge in [-0.05, 0) is 55.5 Å². The fourth-order valence-corrected chi connectivity index (χ4v) is 7.53. The standard InChI is InChI=1S/C27H38N2O7S2/c1-5-34-25-13-9-10-23(20-25)26(29-18-16-28(17-19-29)24-11-7-6-8-12-24)15-14-22(2)21-27(26,35-37(3,30)31)36-38(4,32)33/h6-13,20,22H,5,14-19,21H2,1-4H3. The van der Waals surface area contributed by atoms with Crippen LogP contribution < -0.4 is 9.64 Å². The lowest BCUT2D eigenvalue weighted by Gasteiger charge is -2.58. The maximum Gasteiger partial charge on any atom is 0.267 e. The first-order valence-corrected chi connectivity index (χ1v) is 16.6. The van der Waals surface area contributed by atoms with Gasteiger partial charge in [-0.3, -0.25) is 4.90 Å². The lowest BCUT2D eigenvalue weighted by molar-refractivity contribution is -0.242. The van der Waals surface area contributed by atoms with Gasteiger partial charge in [-0.25, -0.2) is 8.37 Å². The molecular formula is C27H38N2O7S2. The molecule has 0 amide bonds. The van der Waals surface area contributed by atoms with Gasteiger partial charge in [0.25, 0.3) is 20.2 Å². The van der Waals surface area contributed by atoms with Gasteiger partial charge < -0.3 is 9.64 Å². The summed E-state index contributed by atoms with van der Waals surface area (Å²) < 4.78 is 68.5. The highest BCUT2D eigenvalue weighted by molar-refractivity contribution is 7.86. The van der Waals surface area contributed by atoms with Crippen molar-refractivity contribution in [3.8, 4) is 5.75 Å². The van der Waals surface area contributed by atoms with Crippen LogP contribution in [-0.2, 0) is 34.1 Å². The fourth-order valence-electron chi connectivity index (χ4n) is 6.03. The second kappa shape index (κ2) is 11.1. The van der Waals surface area contributed by atoms with E-state index in [0.29, 0.717) is 50.5 Å². The normalized spacial score (nSPS) is 24.7. The Balaban J connectivity index is 1.88. The summed E-state index contributed by atoms with van der Waals surface area (Å²) in [5.41, 5.74) is 0.598. The molecule has 1 heterocycles. The van der Waals surface area contributed by atoms with Crippen LogP contribution >= 0.6 is 0 Å². The van der Waals surface area contributed by atoms with Crippen LogP contribution in [-0.4, -0.2) is 72.8 Å². The average Bonchev–Trinajstić information content (AvgIpc) is 2.83. The Hall–Kier alpha value is -2.18. The Morgan fingerprint density at radius 3 is 2.11 bits per heavy atom. The lowest BCUT2D eigenvalue weighted by Crippen LogP contribution is -2.70. The highest BCUT2D eigenvalue weighted by Gasteiger charge is 2.64. The van der Waals surface area contributed by atoms with E-state index in [0.717, 1.165) is 24.6 Å². The molecule has 2 fully saturated rings.